The Balaban J connectivity index is 1.28. The molecule has 0 bridgehead atoms. The van der Waals surface area contributed by atoms with Crippen LogP contribution < -0.4 is 5.32 Å². The van der Waals surface area contributed by atoms with Crippen molar-refractivity contribution in [3.8, 4) is 0 Å². The number of hydrogen-bond donors (Lipinski definition) is 1. The Kier molecular flexibility index (Phi) is 6.68. The maximum absolute atomic E-state index is 13.1. The van der Waals surface area contributed by atoms with Crippen molar-refractivity contribution in [1.29, 1.82) is 0 Å². The summed E-state index contributed by atoms with van der Waals surface area (Å²) in [5, 5.41) is 15.3. The number of nitrogens with one attached hydrogen (secondary N) is 1. The number of hydrogen-bond acceptors (Lipinski definition) is 6. The van der Waals surface area contributed by atoms with Crippen LogP contribution in [-0.4, -0.2) is 61.2 Å². The molecule has 0 radical (unpaired) electrons. The monoisotopic (exact) mass is 468 g/mol. The zero-order valence-electron chi connectivity index (χ0n) is 17.9. The summed E-state index contributed by atoms with van der Waals surface area (Å²) in [5.74, 6) is -0.199. The largest absolute Gasteiger partial charge is 0.326 e. The number of benzene rings is 3. The van der Waals surface area contributed by atoms with Crippen LogP contribution in [0.1, 0.15) is 6.42 Å². The fourth-order valence-corrected chi connectivity index (χ4v) is 5.28. The fourth-order valence-electron chi connectivity index (χ4n) is 3.82. The van der Waals surface area contributed by atoms with Crippen molar-refractivity contribution >= 4 is 38.1 Å². The number of anilines is 1. The lowest BCUT2D eigenvalue weighted by Gasteiger charge is -2.33. The maximum Gasteiger partial charge on any atom is 0.269 e. The van der Waals surface area contributed by atoms with Crippen molar-refractivity contribution < 1.29 is 18.1 Å². The number of rotatable bonds is 7. The van der Waals surface area contributed by atoms with E-state index in [4.69, 9.17) is 0 Å². The van der Waals surface area contributed by atoms with Gasteiger partial charge < -0.3 is 10.2 Å². The zero-order valence-corrected chi connectivity index (χ0v) is 18.7. The van der Waals surface area contributed by atoms with Crippen LogP contribution >= 0.6 is 0 Å². The average molecular weight is 469 g/mol. The second kappa shape index (κ2) is 9.65. The van der Waals surface area contributed by atoms with Crippen molar-refractivity contribution in [2.24, 2.45) is 0 Å². The molecule has 1 aliphatic rings. The number of non-ortho nitro benzene ring substituents is 1. The summed E-state index contributed by atoms with van der Waals surface area (Å²) in [7, 11) is -3.58. The minimum absolute atomic E-state index is 0.0375. The Hall–Kier alpha value is -3.34. The second-order valence-electron chi connectivity index (χ2n) is 7.86. The summed E-state index contributed by atoms with van der Waals surface area (Å²) in [6, 6.07) is 18.5. The number of sulfonamides is 1. The number of piperazine rings is 1. The van der Waals surface area contributed by atoms with Crippen LogP contribution in [0.4, 0.5) is 11.4 Å². The predicted octanol–water partition coefficient (Wildman–Crippen LogP) is 3.08. The third-order valence-corrected chi connectivity index (χ3v) is 7.60. The molecule has 0 aromatic heterocycles. The molecule has 33 heavy (non-hydrogen) atoms. The molecular formula is C23H24N4O5S. The van der Waals surface area contributed by atoms with Crippen LogP contribution in [0.2, 0.25) is 0 Å². The van der Waals surface area contributed by atoms with Gasteiger partial charge in [0.05, 0.1) is 9.82 Å². The van der Waals surface area contributed by atoms with E-state index < -0.39 is 14.9 Å². The van der Waals surface area contributed by atoms with E-state index in [1.165, 1.54) is 28.6 Å². The summed E-state index contributed by atoms with van der Waals surface area (Å²) in [4.78, 5) is 24.8. The molecule has 1 aliphatic heterocycles. The lowest BCUT2D eigenvalue weighted by Crippen LogP contribution is -2.49. The first-order valence-corrected chi connectivity index (χ1v) is 12.0. The molecular weight excluding hydrogens is 444 g/mol. The van der Waals surface area contributed by atoms with E-state index in [1.54, 1.807) is 12.1 Å². The topological polar surface area (TPSA) is 113 Å². The number of carbonyl (C=O) groups excluding carboxylic acids is 1. The van der Waals surface area contributed by atoms with Gasteiger partial charge in [-0.25, -0.2) is 8.42 Å². The van der Waals surface area contributed by atoms with E-state index in [0.29, 0.717) is 38.4 Å². The van der Waals surface area contributed by atoms with Gasteiger partial charge in [0.1, 0.15) is 0 Å². The molecule has 1 N–H and O–H groups in total. The SMILES string of the molecule is O=C(CCN1CCN(S(=O)(=O)c2ccc3ccccc3c2)CC1)Nc1ccc([N+](=O)[O-])cc1. The molecule has 0 spiro atoms. The number of carbonyl (C=O) groups is 1. The van der Waals surface area contributed by atoms with Gasteiger partial charge in [0.15, 0.2) is 0 Å². The van der Waals surface area contributed by atoms with Gasteiger partial charge in [0.25, 0.3) is 5.69 Å². The summed E-state index contributed by atoms with van der Waals surface area (Å²) in [5.41, 5.74) is 0.460. The van der Waals surface area contributed by atoms with E-state index in [1.807, 2.05) is 30.3 Å². The van der Waals surface area contributed by atoms with Crippen molar-refractivity contribution in [3.05, 3.63) is 76.8 Å². The maximum atomic E-state index is 13.1. The Bertz CT molecular complexity index is 1270. The van der Waals surface area contributed by atoms with Crippen LogP contribution in [0, 0.1) is 10.1 Å². The molecule has 0 aliphatic carbocycles. The molecule has 4 rings (SSSR count). The van der Waals surface area contributed by atoms with Crippen LogP contribution in [0.5, 0.6) is 0 Å². The lowest BCUT2D eigenvalue weighted by molar-refractivity contribution is -0.384. The molecule has 3 aromatic rings. The van der Waals surface area contributed by atoms with Crippen LogP contribution in [0.3, 0.4) is 0 Å². The highest BCUT2D eigenvalue weighted by molar-refractivity contribution is 7.89. The quantitative estimate of drug-likeness (QED) is 0.421. The molecule has 9 nitrogen and oxygen atoms in total. The van der Waals surface area contributed by atoms with Crippen molar-refractivity contribution in [2.45, 2.75) is 11.3 Å². The van der Waals surface area contributed by atoms with Gasteiger partial charge >= 0.3 is 0 Å². The van der Waals surface area contributed by atoms with Crippen molar-refractivity contribution in [2.75, 3.05) is 38.0 Å². The molecule has 3 aromatic carbocycles. The van der Waals surface area contributed by atoms with Crippen molar-refractivity contribution in [3.63, 3.8) is 0 Å². The smallest absolute Gasteiger partial charge is 0.269 e. The molecule has 1 saturated heterocycles. The number of fused-ring (bicyclic) bond motifs is 1. The van der Waals surface area contributed by atoms with Crippen LogP contribution in [0.25, 0.3) is 10.8 Å². The summed E-state index contributed by atoms with van der Waals surface area (Å²) < 4.78 is 27.6. The van der Waals surface area contributed by atoms with Gasteiger partial charge in [0, 0.05) is 57.0 Å². The summed E-state index contributed by atoms with van der Waals surface area (Å²) >= 11 is 0. The molecule has 1 amide bonds. The van der Waals surface area contributed by atoms with E-state index in [9.17, 15) is 23.3 Å². The molecule has 0 atom stereocenters. The first-order valence-electron chi connectivity index (χ1n) is 10.6. The van der Waals surface area contributed by atoms with E-state index in [-0.39, 0.29) is 22.9 Å². The van der Waals surface area contributed by atoms with Gasteiger partial charge in [-0.2, -0.15) is 4.31 Å². The second-order valence-corrected chi connectivity index (χ2v) is 9.79. The van der Waals surface area contributed by atoms with Crippen LogP contribution in [0.15, 0.2) is 71.6 Å². The lowest BCUT2D eigenvalue weighted by atomic mass is 10.1. The molecule has 1 heterocycles. The van der Waals surface area contributed by atoms with Gasteiger partial charge in [-0.3, -0.25) is 14.9 Å². The van der Waals surface area contributed by atoms with Crippen LogP contribution in [-0.2, 0) is 14.8 Å². The Morgan fingerprint density at radius 2 is 1.61 bits per heavy atom. The molecule has 0 saturated carbocycles. The normalized spacial score (nSPS) is 15.4. The molecule has 172 valence electrons. The summed E-state index contributed by atoms with van der Waals surface area (Å²) in [6.07, 6.45) is 0.244. The minimum Gasteiger partial charge on any atom is -0.326 e. The Labute approximate surface area is 191 Å². The Morgan fingerprint density at radius 1 is 0.939 bits per heavy atom. The van der Waals surface area contributed by atoms with E-state index in [2.05, 4.69) is 10.2 Å². The van der Waals surface area contributed by atoms with E-state index >= 15 is 0 Å². The predicted molar refractivity (Wildman–Crippen MR) is 125 cm³/mol. The number of nitro benzene ring substituents is 1. The molecule has 0 unspecified atom stereocenters. The minimum atomic E-state index is -3.58. The first-order chi connectivity index (χ1) is 15.8. The number of amides is 1. The summed E-state index contributed by atoms with van der Waals surface area (Å²) in [6.45, 7) is 2.30. The molecule has 10 heteroatoms. The van der Waals surface area contributed by atoms with Crippen molar-refractivity contribution in [1.82, 2.24) is 9.21 Å². The first kappa shape index (κ1) is 22.8. The standard InChI is InChI=1S/C23H24N4O5S/c28-23(24-20-6-8-21(9-7-20)27(29)30)11-12-25-13-15-26(16-14-25)33(31,32)22-10-5-18-3-1-2-4-19(18)17-22/h1-10,17H,11-16H2,(H,24,28). The molecule has 1 fully saturated rings. The van der Waals surface area contributed by atoms with Gasteiger partial charge in [-0.15, -0.1) is 0 Å². The Morgan fingerprint density at radius 3 is 2.27 bits per heavy atom. The van der Waals surface area contributed by atoms with Gasteiger partial charge in [-0.05, 0) is 35.0 Å². The third-order valence-electron chi connectivity index (χ3n) is 5.71. The van der Waals surface area contributed by atoms with E-state index in [0.717, 1.165) is 10.8 Å². The fraction of sp³-hybridized carbons (Fsp3) is 0.261. The highest BCUT2D eigenvalue weighted by atomic mass is 32.2. The van der Waals surface area contributed by atoms with Gasteiger partial charge in [-0.1, -0.05) is 30.3 Å². The number of nitro groups is 1. The highest BCUT2D eigenvalue weighted by Gasteiger charge is 2.28. The highest BCUT2D eigenvalue weighted by Crippen LogP contribution is 2.23. The average Bonchev–Trinajstić information content (AvgIpc) is 2.83. The number of nitrogens with zero attached hydrogens (tertiary/aromatic N) is 3. The van der Waals surface area contributed by atoms with Gasteiger partial charge in [0.2, 0.25) is 15.9 Å². The third kappa shape index (κ3) is 5.36. The zero-order chi connectivity index (χ0) is 23.4.